The number of nitrogens with zero attached hydrogens (tertiary/aromatic N) is 1. The fourth-order valence-corrected chi connectivity index (χ4v) is 1.77. The van der Waals surface area contributed by atoms with Gasteiger partial charge < -0.3 is 5.11 Å². The summed E-state index contributed by atoms with van der Waals surface area (Å²) in [5, 5.41) is 9.65. The van der Waals surface area contributed by atoms with Crippen molar-refractivity contribution in [2.75, 3.05) is 0 Å². The van der Waals surface area contributed by atoms with Crippen molar-refractivity contribution in [2.45, 2.75) is 46.1 Å². The Morgan fingerprint density at radius 1 is 1.29 bits per heavy atom. The van der Waals surface area contributed by atoms with Gasteiger partial charge in [0.05, 0.1) is 6.04 Å². The highest BCUT2D eigenvalue weighted by atomic mass is 16.3. The molecule has 2 nitrogen and oxygen atoms in total. The second-order valence-corrected chi connectivity index (χ2v) is 4.79. The van der Waals surface area contributed by atoms with E-state index in [2.05, 4.69) is 25.8 Å². The van der Waals surface area contributed by atoms with E-state index in [1.165, 1.54) is 12.8 Å². The fraction of sp³-hybridized carbons (Fsp3) is 0.533. The second-order valence-electron chi connectivity index (χ2n) is 4.79. The van der Waals surface area contributed by atoms with E-state index < -0.39 is 0 Å². The first-order valence-corrected chi connectivity index (χ1v) is 6.46. The molecule has 0 aliphatic heterocycles. The first-order valence-electron chi connectivity index (χ1n) is 6.46. The van der Waals surface area contributed by atoms with E-state index in [0.717, 1.165) is 12.0 Å². The summed E-state index contributed by atoms with van der Waals surface area (Å²) in [6.45, 7) is 6.59. The molecule has 0 heterocycles. The average molecular weight is 233 g/mol. The number of para-hydroxylation sites is 1. The molecule has 1 unspecified atom stereocenters. The predicted octanol–water partition coefficient (Wildman–Crippen LogP) is 4.03. The predicted molar refractivity (Wildman–Crippen MR) is 73.9 cm³/mol. The van der Waals surface area contributed by atoms with E-state index in [4.69, 9.17) is 0 Å². The first kappa shape index (κ1) is 13.8. The lowest BCUT2D eigenvalue weighted by Crippen LogP contribution is -2.13. The number of unbranched alkanes of at least 4 members (excludes halogenated alkanes) is 1. The molecule has 0 amide bonds. The summed E-state index contributed by atoms with van der Waals surface area (Å²) in [6.07, 6.45) is 5.34. The molecule has 1 atom stereocenters. The summed E-state index contributed by atoms with van der Waals surface area (Å²) in [5.41, 5.74) is 0.801. The maximum absolute atomic E-state index is 9.65. The first-order chi connectivity index (χ1) is 8.15. The van der Waals surface area contributed by atoms with E-state index in [1.807, 2.05) is 18.2 Å². The number of benzene rings is 1. The molecule has 0 aromatic heterocycles. The lowest BCUT2D eigenvalue weighted by Gasteiger charge is -2.15. The molecular weight excluding hydrogens is 210 g/mol. The zero-order chi connectivity index (χ0) is 12.7. The minimum Gasteiger partial charge on any atom is -0.507 e. The molecule has 1 aromatic rings. The molecule has 17 heavy (non-hydrogen) atoms. The van der Waals surface area contributed by atoms with Crippen molar-refractivity contribution in [1.29, 1.82) is 0 Å². The van der Waals surface area contributed by atoms with Gasteiger partial charge in [-0.25, -0.2) is 0 Å². The summed E-state index contributed by atoms with van der Waals surface area (Å²) in [7, 11) is 0. The van der Waals surface area contributed by atoms with Gasteiger partial charge in [-0.2, -0.15) is 0 Å². The van der Waals surface area contributed by atoms with Crippen LogP contribution in [0.3, 0.4) is 0 Å². The van der Waals surface area contributed by atoms with Crippen LogP contribution < -0.4 is 0 Å². The van der Waals surface area contributed by atoms with Crippen LogP contribution >= 0.6 is 0 Å². The van der Waals surface area contributed by atoms with Crippen molar-refractivity contribution >= 4 is 6.21 Å². The van der Waals surface area contributed by atoms with Gasteiger partial charge in [0, 0.05) is 11.8 Å². The Labute approximate surface area is 104 Å². The van der Waals surface area contributed by atoms with Crippen LogP contribution in [0.4, 0.5) is 0 Å². The van der Waals surface area contributed by atoms with Crippen molar-refractivity contribution in [1.82, 2.24) is 0 Å². The van der Waals surface area contributed by atoms with Gasteiger partial charge >= 0.3 is 0 Å². The van der Waals surface area contributed by atoms with Crippen LogP contribution in [-0.2, 0) is 0 Å². The van der Waals surface area contributed by atoms with Crippen molar-refractivity contribution in [2.24, 2.45) is 10.9 Å². The normalized spacial score (nSPS) is 13.4. The van der Waals surface area contributed by atoms with E-state index in [1.54, 1.807) is 12.3 Å². The number of hydrogen-bond donors (Lipinski definition) is 1. The summed E-state index contributed by atoms with van der Waals surface area (Å²) in [6, 6.07) is 7.67. The molecule has 0 bridgehead atoms. The molecule has 0 spiro atoms. The molecular formula is C15H23NO. The molecule has 2 heteroatoms. The Hall–Kier alpha value is -1.31. The number of rotatable bonds is 6. The van der Waals surface area contributed by atoms with E-state index in [0.29, 0.717) is 17.7 Å². The van der Waals surface area contributed by atoms with Crippen molar-refractivity contribution in [3.63, 3.8) is 0 Å². The van der Waals surface area contributed by atoms with Crippen LogP contribution in [0.5, 0.6) is 5.75 Å². The smallest absolute Gasteiger partial charge is 0.124 e. The minimum atomic E-state index is 0.300. The highest BCUT2D eigenvalue weighted by Gasteiger charge is 2.10. The Kier molecular flexibility index (Phi) is 5.75. The average Bonchev–Trinajstić information content (AvgIpc) is 2.31. The minimum absolute atomic E-state index is 0.300. The van der Waals surface area contributed by atoms with Gasteiger partial charge in [-0.15, -0.1) is 0 Å². The number of aromatic hydroxyl groups is 1. The number of phenolic OH excluding ortho intramolecular Hbond substituents is 1. The highest BCUT2D eigenvalue weighted by Crippen LogP contribution is 2.17. The summed E-state index contributed by atoms with van der Waals surface area (Å²) < 4.78 is 0. The van der Waals surface area contributed by atoms with Crippen LogP contribution in [-0.4, -0.2) is 17.4 Å². The molecule has 94 valence electrons. The van der Waals surface area contributed by atoms with Gasteiger partial charge in [0.2, 0.25) is 0 Å². The van der Waals surface area contributed by atoms with Crippen molar-refractivity contribution < 1.29 is 5.11 Å². The van der Waals surface area contributed by atoms with Gasteiger partial charge in [-0.3, -0.25) is 4.99 Å². The largest absolute Gasteiger partial charge is 0.507 e. The maximum Gasteiger partial charge on any atom is 0.124 e. The van der Waals surface area contributed by atoms with Crippen LogP contribution in [0.25, 0.3) is 0 Å². The third-order valence-corrected chi connectivity index (χ3v) is 2.96. The SMILES string of the molecule is CCCCC(N=Cc1ccccc1O)C(C)C. The molecule has 0 aliphatic rings. The Morgan fingerprint density at radius 3 is 2.59 bits per heavy atom. The summed E-state index contributed by atoms with van der Waals surface area (Å²) in [4.78, 5) is 4.61. The van der Waals surface area contributed by atoms with Crippen LogP contribution in [0.15, 0.2) is 29.3 Å². The Morgan fingerprint density at radius 2 is 2.00 bits per heavy atom. The number of aliphatic imine (C=N–C) groups is 1. The lowest BCUT2D eigenvalue weighted by molar-refractivity contribution is 0.452. The van der Waals surface area contributed by atoms with Crippen molar-refractivity contribution in [3.05, 3.63) is 29.8 Å². The second kappa shape index (κ2) is 7.10. The molecule has 1 rings (SSSR count). The molecule has 0 fully saturated rings. The molecule has 0 aliphatic carbocycles. The van der Waals surface area contributed by atoms with E-state index in [-0.39, 0.29) is 0 Å². The molecule has 0 saturated heterocycles. The summed E-state index contributed by atoms with van der Waals surface area (Å²) >= 11 is 0. The topological polar surface area (TPSA) is 32.6 Å². The lowest BCUT2D eigenvalue weighted by atomic mass is 9.99. The monoisotopic (exact) mass is 233 g/mol. The van der Waals surface area contributed by atoms with Crippen molar-refractivity contribution in [3.8, 4) is 5.75 Å². The van der Waals surface area contributed by atoms with Gasteiger partial charge in [0.15, 0.2) is 0 Å². The van der Waals surface area contributed by atoms with Crippen LogP contribution in [0.1, 0.15) is 45.6 Å². The number of hydrogen-bond acceptors (Lipinski definition) is 2. The molecule has 0 saturated carbocycles. The van der Waals surface area contributed by atoms with Gasteiger partial charge in [0.1, 0.15) is 5.75 Å². The highest BCUT2D eigenvalue weighted by molar-refractivity contribution is 5.83. The Balaban J connectivity index is 2.69. The van der Waals surface area contributed by atoms with E-state index in [9.17, 15) is 5.11 Å². The van der Waals surface area contributed by atoms with Gasteiger partial charge in [0.25, 0.3) is 0 Å². The molecule has 1 aromatic carbocycles. The molecule has 0 radical (unpaired) electrons. The zero-order valence-electron chi connectivity index (χ0n) is 11.1. The third-order valence-electron chi connectivity index (χ3n) is 2.96. The van der Waals surface area contributed by atoms with Crippen LogP contribution in [0.2, 0.25) is 0 Å². The standard InChI is InChI=1S/C15H23NO/c1-4-5-9-14(12(2)3)16-11-13-8-6-7-10-15(13)17/h6-8,10-12,14,17H,4-5,9H2,1-3H3. The molecule has 1 N–H and O–H groups in total. The fourth-order valence-electron chi connectivity index (χ4n) is 1.77. The summed E-state index contributed by atoms with van der Waals surface area (Å²) in [5.74, 6) is 0.845. The zero-order valence-corrected chi connectivity index (χ0v) is 11.1. The van der Waals surface area contributed by atoms with E-state index >= 15 is 0 Å². The Bertz CT molecular complexity index is 358. The third kappa shape index (κ3) is 4.59. The van der Waals surface area contributed by atoms with Gasteiger partial charge in [-0.1, -0.05) is 45.7 Å². The maximum atomic E-state index is 9.65. The number of phenols is 1. The quantitative estimate of drug-likeness (QED) is 0.739. The van der Waals surface area contributed by atoms with Crippen LogP contribution in [0, 0.1) is 5.92 Å². The van der Waals surface area contributed by atoms with Gasteiger partial charge in [-0.05, 0) is 24.5 Å².